The first-order valence-corrected chi connectivity index (χ1v) is 6.93. The summed E-state index contributed by atoms with van der Waals surface area (Å²) in [6.07, 6.45) is 4.73. The number of aromatic nitrogens is 3. The van der Waals surface area contributed by atoms with Crippen molar-refractivity contribution >= 4 is 0 Å². The van der Waals surface area contributed by atoms with Gasteiger partial charge in [-0.3, -0.25) is 0 Å². The number of ether oxygens (including phenoxy) is 1. The minimum Gasteiger partial charge on any atom is -0.376 e. The van der Waals surface area contributed by atoms with Gasteiger partial charge in [0, 0.05) is 13.2 Å². The Bertz CT molecular complexity index is 369. The van der Waals surface area contributed by atoms with Crippen molar-refractivity contribution in [3.05, 3.63) is 11.4 Å². The van der Waals surface area contributed by atoms with E-state index >= 15 is 0 Å². The van der Waals surface area contributed by atoms with Crippen LogP contribution in [0, 0.1) is 5.92 Å². The highest BCUT2D eigenvalue weighted by Gasteiger charge is 2.19. The molecule has 18 heavy (non-hydrogen) atoms. The van der Waals surface area contributed by atoms with Gasteiger partial charge >= 0.3 is 0 Å². The van der Waals surface area contributed by atoms with Crippen molar-refractivity contribution in [3.63, 3.8) is 0 Å². The highest BCUT2D eigenvalue weighted by molar-refractivity contribution is 5.10. The Morgan fingerprint density at radius 1 is 1.50 bits per heavy atom. The first-order valence-electron chi connectivity index (χ1n) is 6.93. The molecular formula is C13H24N4O. The van der Waals surface area contributed by atoms with Crippen molar-refractivity contribution in [2.45, 2.75) is 58.7 Å². The molecule has 2 N–H and O–H groups in total. The first-order chi connectivity index (χ1) is 8.70. The number of hydrogen-bond acceptors (Lipinski definition) is 4. The molecule has 0 amide bonds. The Hall–Kier alpha value is -0.940. The van der Waals surface area contributed by atoms with E-state index in [0.717, 1.165) is 44.5 Å². The van der Waals surface area contributed by atoms with E-state index in [1.165, 1.54) is 5.69 Å². The number of nitrogens with zero attached hydrogens (tertiary/aromatic N) is 3. The summed E-state index contributed by atoms with van der Waals surface area (Å²) >= 11 is 0. The maximum atomic E-state index is 5.73. The van der Waals surface area contributed by atoms with Gasteiger partial charge in [0.1, 0.15) is 0 Å². The van der Waals surface area contributed by atoms with E-state index in [0.29, 0.717) is 18.6 Å². The Labute approximate surface area is 109 Å². The van der Waals surface area contributed by atoms with Crippen molar-refractivity contribution < 1.29 is 4.74 Å². The van der Waals surface area contributed by atoms with Crippen LogP contribution in [0.25, 0.3) is 0 Å². The van der Waals surface area contributed by atoms with Crippen molar-refractivity contribution in [3.8, 4) is 0 Å². The van der Waals surface area contributed by atoms with Gasteiger partial charge in [-0.05, 0) is 31.6 Å². The van der Waals surface area contributed by atoms with Crippen LogP contribution in [0.2, 0.25) is 0 Å². The zero-order chi connectivity index (χ0) is 13.0. The van der Waals surface area contributed by atoms with E-state index in [1.807, 2.05) is 4.68 Å². The second kappa shape index (κ2) is 6.29. The summed E-state index contributed by atoms with van der Waals surface area (Å²) in [5.41, 5.74) is 7.87. The molecule has 0 bridgehead atoms. The Morgan fingerprint density at radius 3 is 2.94 bits per heavy atom. The molecule has 2 rings (SSSR count). The number of hydrogen-bond donors (Lipinski definition) is 1. The van der Waals surface area contributed by atoms with Gasteiger partial charge < -0.3 is 10.5 Å². The summed E-state index contributed by atoms with van der Waals surface area (Å²) in [6, 6.07) is 0. The van der Waals surface area contributed by atoms with Gasteiger partial charge in [-0.25, -0.2) is 4.68 Å². The Balaban J connectivity index is 2.05. The van der Waals surface area contributed by atoms with Crippen LogP contribution in [-0.2, 0) is 24.2 Å². The summed E-state index contributed by atoms with van der Waals surface area (Å²) in [4.78, 5) is 0. The van der Waals surface area contributed by atoms with Crippen LogP contribution in [0.4, 0.5) is 0 Å². The third-order valence-corrected chi connectivity index (χ3v) is 3.47. The molecule has 1 saturated heterocycles. The van der Waals surface area contributed by atoms with Crippen LogP contribution in [0.1, 0.15) is 44.5 Å². The van der Waals surface area contributed by atoms with Gasteiger partial charge in [0.05, 0.1) is 24.0 Å². The maximum Gasteiger partial charge on any atom is 0.0994 e. The van der Waals surface area contributed by atoms with E-state index in [9.17, 15) is 0 Å². The summed E-state index contributed by atoms with van der Waals surface area (Å²) in [5, 5.41) is 8.42. The van der Waals surface area contributed by atoms with Crippen molar-refractivity contribution in [2.24, 2.45) is 11.7 Å². The van der Waals surface area contributed by atoms with Gasteiger partial charge in [-0.15, -0.1) is 5.10 Å². The fourth-order valence-electron chi connectivity index (χ4n) is 2.35. The molecule has 0 spiro atoms. The minimum absolute atomic E-state index is 0.301. The predicted octanol–water partition coefficient (Wildman–Crippen LogP) is 1.50. The molecule has 1 aliphatic heterocycles. The third kappa shape index (κ3) is 3.29. The first kappa shape index (κ1) is 13.5. The molecule has 0 aliphatic carbocycles. The molecule has 5 heteroatoms. The van der Waals surface area contributed by atoms with Crippen LogP contribution in [0.3, 0.4) is 0 Å². The van der Waals surface area contributed by atoms with Crippen molar-refractivity contribution in [1.29, 1.82) is 0 Å². The second-order valence-electron chi connectivity index (χ2n) is 5.44. The third-order valence-electron chi connectivity index (χ3n) is 3.47. The van der Waals surface area contributed by atoms with Crippen LogP contribution in [-0.4, -0.2) is 27.7 Å². The van der Waals surface area contributed by atoms with E-state index < -0.39 is 0 Å². The van der Waals surface area contributed by atoms with Crippen molar-refractivity contribution in [1.82, 2.24) is 15.0 Å². The molecule has 1 unspecified atom stereocenters. The Morgan fingerprint density at radius 2 is 2.33 bits per heavy atom. The molecule has 1 aliphatic rings. The number of nitrogens with two attached hydrogens (primary N) is 1. The second-order valence-corrected chi connectivity index (χ2v) is 5.44. The van der Waals surface area contributed by atoms with Crippen LogP contribution < -0.4 is 5.73 Å². The molecule has 1 aromatic rings. The minimum atomic E-state index is 0.301. The molecule has 1 aromatic heterocycles. The zero-order valence-corrected chi connectivity index (χ0v) is 11.4. The zero-order valence-electron chi connectivity index (χ0n) is 11.4. The average Bonchev–Trinajstić information content (AvgIpc) is 2.96. The fourth-order valence-corrected chi connectivity index (χ4v) is 2.35. The van der Waals surface area contributed by atoms with Gasteiger partial charge in [-0.2, -0.15) is 0 Å². The SMILES string of the molecule is CC(C)CCc1c(CN)nnn1CC1CCCO1. The van der Waals surface area contributed by atoms with Crippen LogP contribution in [0.5, 0.6) is 0 Å². The van der Waals surface area contributed by atoms with E-state index in [4.69, 9.17) is 10.5 Å². The van der Waals surface area contributed by atoms with Crippen LogP contribution in [0.15, 0.2) is 0 Å². The molecule has 2 heterocycles. The number of rotatable bonds is 6. The van der Waals surface area contributed by atoms with Crippen molar-refractivity contribution in [2.75, 3.05) is 6.61 Å². The topological polar surface area (TPSA) is 66.0 Å². The molecule has 1 fully saturated rings. The summed E-state index contributed by atoms with van der Waals surface area (Å²) in [7, 11) is 0. The standard InChI is InChI=1S/C13H24N4O/c1-10(2)5-6-13-12(8-14)15-16-17(13)9-11-4-3-7-18-11/h10-11H,3-9,14H2,1-2H3. The van der Waals surface area contributed by atoms with Gasteiger partial charge in [0.15, 0.2) is 0 Å². The molecule has 1 atom stereocenters. The predicted molar refractivity (Wildman–Crippen MR) is 70.0 cm³/mol. The molecule has 0 radical (unpaired) electrons. The molecule has 0 saturated carbocycles. The highest BCUT2D eigenvalue weighted by atomic mass is 16.5. The molecular weight excluding hydrogens is 228 g/mol. The molecule has 102 valence electrons. The lowest BCUT2D eigenvalue weighted by molar-refractivity contribution is 0.0926. The monoisotopic (exact) mass is 252 g/mol. The lowest BCUT2D eigenvalue weighted by atomic mass is 10.1. The summed E-state index contributed by atoms with van der Waals surface area (Å²) in [5.74, 6) is 0.682. The summed E-state index contributed by atoms with van der Waals surface area (Å²) in [6.45, 7) is 6.64. The molecule has 5 nitrogen and oxygen atoms in total. The quantitative estimate of drug-likeness (QED) is 0.833. The van der Waals surface area contributed by atoms with E-state index in [2.05, 4.69) is 24.2 Å². The van der Waals surface area contributed by atoms with Gasteiger partial charge in [0.25, 0.3) is 0 Å². The lowest BCUT2D eigenvalue weighted by Gasteiger charge is -2.13. The maximum absolute atomic E-state index is 5.73. The van der Waals surface area contributed by atoms with E-state index in [-0.39, 0.29) is 0 Å². The lowest BCUT2D eigenvalue weighted by Crippen LogP contribution is -2.18. The Kier molecular flexibility index (Phi) is 4.72. The normalized spacial score (nSPS) is 19.9. The highest BCUT2D eigenvalue weighted by Crippen LogP contribution is 2.17. The largest absolute Gasteiger partial charge is 0.376 e. The smallest absolute Gasteiger partial charge is 0.0994 e. The average molecular weight is 252 g/mol. The fraction of sp³-hybridized carbons (Fsp3) is 0.846. The van der Waals surface area contributed by atoms with E-state index in [1.54, 1.807) is 0 Å². The molecule has 0 aromatic carbocycles. The van der Waals surface area contributed by atoms with Crippen LogP contribution >= 0.6 is 0 Å². The van der Waals surface area contributed by atoms with Gasteiger partial charge in [0.2, 0.25) is 0 Å². The summed E-state index contributed by atoms with van der Waals surface area (Å²) < 4.78 is 7.66. The van der Waals surface area contributed by atoms with Gasteiger partial charge in [-0.1, -0.05) is 19.1 Å².